The molecule has 0 aromatic heterocycles. The number of hydrogen-bond donors (Lipinski definition) is 2. The van der Waals surface area contributed by atoms with E-state index in [1.165, 1.54) is 16.7 Å². The Balaban J connectivity index is 1.05. The molecule has 2 aliphatic rings. The van der Waals surface area contributed by atoms with Crippen molar-refractivity contribution >= 4 is 11.7 Å². The van der Waals surface area contributed by atoms with Crippen LogP contribution in [-0.2, 0) is 22.4 Å². The number of ether oxygens (including phenoxy) is 1. The minimum Gasteiger partial charge on any atom is -0.457 e. The van der Waals surface area contributed by atoms with Gasteiger partial charge in [0.2, 0.25) is 0 Å². The number of carbonyl (C=O) groups excluding carboxylic acids is 2. The molecule has 3 unspecified atom stereocenters. The van der Waals surface area contributed by atoms with E-state index in [1.807, 2.05) is 30.3 Å². The highest BCUT2D eigenvalue weighted by Crippen LogP contribution is 2.40. The van der Waals surface area contributed by atoms with Crippen molar-refractivity contribution in [1.82, 2.24) is 4.90 Å². The molecule has 2 N–H and O–H groups in total. The largest absolute Gasteiger partial charge is 0.457 e. The fourth-order valence-corrected chi connectivity index (χ4v) is 6.47. The maximum atomic E-state index is 12.9. The molecule has 6 nitrogen and oxygen atoms in total. The molecule has 1 aliphatic carbocycles. The summed E-state index contributed by atoms with van der Waals surface area (Å²) in [6, 6.07) is 24.5. The number of benzene rings is 3. The first-order valence-corrected chi connectivity index (χ1v) is 15.8. The van der Waals surface area contributed by atoms with Crippen molar-refractivity contribution < 1.29 is 24.5 Å². The predicted octanol–water partition coefficient (Wildman–Crippen LogP) is 6.22. The van der Waals surface area contributed by atoms with Crippen LogP contribution in [0.1, 0.15) is 60.8 Å². The van der Waals surface area contributed by atoms with Crippen LogP contribution in [0.4, 0.5) is 0 Å². The Hall–Kier alpha value is -3.48. The lowest BCUT2D eigenvalue weighted by molar-refractivity contribution is -0.154. The average Bonchev–Trinajstić information content (AvgIpc) is 3.03. The zero-order valence-electron chi connectivity index (χ0n) is 25.5. The number of likely N-dealkylation sites (tertiary alicyclic amines) is 1. The molecule has 0 bridgehead atoms. The quantitative estimate of drug-likeness (QED) is 0.265. The van der Waals surface area contributed by atoms with Gasteiger partial charge in [0, 0.05) is 19.5 Å². The van der Waals surface area contributed by atoms with Gasteiger partial charge in [0.05, 0.1) is 0 Å². The first kappa shape index (κ1) is 31.0. The van der Waals surface area contributed by atoms with E-state index in [2.05, 4.69) is 56.3 Å². The second kappa shape index (κ2) is 14.3. The standard InChI is InChI=1S/C37H45NO5/c1-25-7-6-10-34(26(25)2)43-32-17-13-29(14-18-32)23-30-15-16-31(30)24-33(39)35(40)36(41)37(42)38-21-19-28(20-22-38)12-11-27-8-4-3-5-9-27/h3-10,13-14,17-18,28,30-31,35-36,40-41H,11-12,15-16,19-24H2,1-2H3/t30?,31?,35?,36-/m1/s1. The molecule has 3 aromatic carbocycles. The van der Waals surface area contributed by atoms with Crippen LogP contribution in [0, 0.1) is 31.6 Å². The lowest BCUT2D eigenvalue weighted by atomic mass is 9.68. The van der Waals surface area contributed by atoms with Gasteiger partial charge in [0.15, 0.2) is 11.9 Å². The number of aliphatic hydroxyl groups excluding tert-OH is 2. The summed E-state index contributed by atoms with van der Waals surface area (Å²) < 4.78 is 6.08. The third-order valence-electron chi connectivity index (χ3n) is 9.73. The van der Waals surface area contributed by atoms with Crippen molar-refractivity contribution in [3.63, 3.8) is 0 Å². The first-order chi connectivity index (χ1) is 20.8. The molecular formula is C37H45NO5. The molecule has 1 saturated carbocycles. The van der Waals surface area contributed by atoms with E-state index in [4.69, 9.17) is 4.74 Å². The third-order valence-corrected chi connectivity index (χ3v) is 9.73. The molecule has 5 rings (SSSR count). The van der Waals surface area contributed by atoms with Crippen molar-refractivity contribution in [2.24, 2.45) is 17.8 Å². The molecule has 43 heavy (non-hydrogen) atoms. The van der Waals surface area contributed by atoms with Crippen molar-refractivity contribution in [1.29, 1.82) is 0 Å². The summed E-state index contributed by atoms with van der Waals surface area (Å²) in [5.74, 6) is 1.69. The Bertz CT molecular complexity index is 1360. The Labute approximate surface area is 255 Å². The van der Waals surface area contributed by atoms with Gasteiger partial charge >= 0.3 is 0 Å². The SMILES string of the molecule is Cc1cccc(Oc2ccc(CC3CCC3CC(=O)C(O)[C@@H](O)C(=O)N3CCC(CCc4ccccc4)CC3)cc2)c1C. The molecule has 6 heteroatoms. The van der Waals surface area contributed by atoms with E-state index in [0.717, 1.165) is 62.0 Å². The Morgan fingerprint density at radius 2 is 1.51 bits per heavy atom. The number of Topliss-reactive ketones (excluding diaryl/α,β-unsaturated/α-hetero) is 1. The molecule has 1 aliphatic heterocycles. The normalized spacial score (nSPS) is 20.2. The smallest absolute Gasteiger partial charge is 0.254 e. The van der Waals surface area contributed by atoms with Gasteiger partial charge in [-0.05, 0) is 117 Å². The van der Waals surface area contributed by atoms with E-state index in [1.54, 1.807) is 4.90 Å². The van der Waals surface area contributed by atoms with Gasteiger partial charge in [-0.25, -0.2) is 0 Å². The number of aryl methyl sites for hydroxylation is 2. The van der Waals surface area contributed by atoms with Gasteiger partial charge in [-0.3, -0.25) is 9.59 Å². The van der Waals surface area contributed by atoms with Crippen LogP contribution in [0.5, 0.6) is 11.5 Å². The summed E-state index contributed by atoms with van der Waals surface area (Å²) in [5.41, 5.74) is 4.82. The topological polar surface area (TPSA) is 87.1 Å². The maximum absolute atomic E-state index is 12.9. The predicted molar refractivity (Wildman–Crippen MR) is 168 cm³/mol. The highest BCUT2D eigenvalue weighted by atomic mass is 16.5. The molecule has 1 saturated heterocycles. The number of carbonyl (C=O) groups is 2. The first-order valence-electron chi connectivity index (χ1n) is 15.8. The van der Waals surface area contributed by atoms with Crippen LogP contribution in [0.2, 0.25) is 0 Å². The molecule has 0 radical (unpaired) electrons. The number of ketones is 1. The van der Waals surface area contributed by atoms with Gasteiger partial charge < -0.3 is 19.8 Å². The van der Waals surface area contributed by atoms with Crippen molar-refractivity contribution in [3.8, 4) is 11.5 Å². The van der Waals surface area contributed by atoms with Gasteiger partial charge in [-0.2, -0.15) is 0 Å². The summed E-state index contributed by atoms with van der Waals surface area (Å²) in [6.07, 6.45) is 3.43. The molecular weight excluding hydrogens is 538 g/mol. The lowest BCUT2D eigenvalue weighted by Crippen LogP contribution is -2.50. The Morgan fingerprint density at radius 1 is 0.814 bits per heavy atom. The second-order valence-electron chi connectivity index (χ2n) is 12.6. The fraction of sp³-hybridized carbons (Fsp3) is 0.459. The van der Waals surface area contributed by atoms with E-state index < -0.39 is 23.9 Å². The van der Waals surface area contributed by atoms with Crippen LogP contribution in [0.25, 0.3) is 0 Å². The van der Waals surface area contributed by atoms with E-state index in [-0.39, 0.29) is 12.3 Å². The molecule has 0 spiro atoms. The maximum Gasteiger partial charge on any atom is 0.254 e. The average molecular weight is 584 g/mol. The fourth-order valence-electron chi connectivity index (χ4n) is 6.47. The van der Waals surface area contributed by atoms with E-state index >= 15 is 0 Å². The van der Waals surface area contributed by atoms with Crippen LogP contribution in [-0.4, -0.2) is 52.1 Å². The molecule has 1 amide bonds. The van der Waals surface area contributed by atoms with E-state index in [9.17, 15) is 19.8 Å². The summed E-state index contributed by atoms with van der Waals surface area (Å²) in [4.78, 5) is 27.5. The van der Waals surface area contributed by atoms with Gasteiger partial charge in [0.25, 0.3) is 5.91 Å². The number of aliphatic hydroxyl groups is 2. The molecule has 228 valence electrons. The second-order valence-corrected chi connectivity index (χ2v) is 12.6. The highest BCUT2D eigenvalue weighted by Gasteiger charge is 2.38. The number of amides is 1. The number of nitrogens with zero attached hydrogens (tertiary/aromatic N) is 1. The zero-order valence-corrected chi connectivity index (χ0v) is 25.5. The Morgan fingerprint density at radius 3 is 2.19 bits per heavy atom. The van der Waals surface area contributed by atoms with Crippen LogP contribution >= 0.6 is 0 Å². The number of hydrogen-bond acceptors (Lipinski definition) is 5. The minimum atomic E-state index is -1.70. The zero-order chi connectivity index (χ0) is 30.3. The lowest BCUT2D eigenvalue weighted by Gasteiger charge is -2.37. The third kappa shape index (κ3) is 7.92. The van der Waals surface area contributed by atoms with Crippen molar-refractivity contribution in [2.75, 3.05) is 13.1 Å². The van der Waals surface area contributed by atoms with Crippen LogP contribution in [0.3, 0.4) is 0 Å². The molecule has 2 fully saturated rings. The van der Waals surface area contributed by atoms with Gasteiger partial charge in [0.1, 0.15) is 17.6 Å². The monoisotopic (exact) mass is 583 g/mol. The Kier molecular flexibility index (Phi) is 10.3. The molecule has 4 atom stereocenters. The van der Waals surface area contributed by atoms with Crippen LogP contribution < -0.4 is 4.74 Å². The minimum absolute atomic E-state index is 0.149. The summed E-state index contributed by atoms with van der Waals surface area (Å²) in [7, 11) is 0. The molecule has 1 heterocycles. The van der Waals surface area contributed by atoms with Crippen molar-refractivity contribution in [2.45, 2.75) is 77.4 Å². The van der Waals surface area contributed by atoms with Gasteiger partial charge in [-0.15, -0.1) is 0 Å². The highest BCUT2D eigenvalue weighted by molar-refractivity contribution is 5.92. The van der Waals surface area contributed by atoms with Gasteiger partial charge in [-0.1, -0.05) is 54.6 Å². The van der Waals surface area contributed by atoms with Crippen molar-refractivity contribution in [3.05, 3.63) is 95.1 Å². The number of rotatable bonds is 12. The number of piperidine rings is 1. The summed E-state index contributed by atoms with van der Waals surface area (Å²) in [6.45, 7) is 5.23. The summed E-state index contributed by atoms with van der Waals surface area (Å²) in [5, 5.41) is 21.2. The summed E-state index contributed by atoms with van der Waals surface area (Å²) >= 11 is 0. The molecule has 3 aromatic rings. The van der Waals surface area contributed by atoms with Crippen LogP contribution in [0.15, 0.2) is 72.8 Å². The van der Waals surface area contributed by atoms with E-state index in [0.29, 0.717) is 24.9 Å².